The van der Waals surface area contributed by atoms with Crippen molar-refractivity contribution in [2.75, 3.05) is 0 Å². The van der Waals surface area contributed by atoms with Crippen LogP contribution in [-0.4, -0.2) is 15.2 Å². The highest BCUT2D eigenvalue weighted by molar-refractivity contribution is 5.30. The summed E-state index contributed by atoms with van der Waals surface area (Å²) in [6.45, 7) is 0. The molecule has 1 unspecified atom stereocenters. The van der Waals surface area contributed by atoms with Crippen molar-refractivity contribution in [1.82, 2.24) is 15.2 Å². The average Bonchev–Trinajstić information content (AvgIpc) is 2.80. The summed E-state index contributed by atoms with van der Waals surface area (Å²) in [5.74, 6) is 1.48. The van der Waals surface area contributed by atoms with E-state index in [9.17, 15) is 0 Å². The normalized spacial score (nSPS) is 17.7. The largest absolute Gasteiger partial charge is 0.318 e. The second kappa shape index (κ2) is 4.30. The molecule has 1 aromatic heterocycles. The molecule has 0 aliphatic heterocycles. The zero-order valence-corrected chi connectivity index (χ0v) is 9.63. The minimum Gasteiger partial charge on any atom is -0.318 e. The molecule has 0 radical (unpaired) electrons. The lowest BCUT2D eigenvalue weighted by Crippen LogP contribution is -2.14. The van der Waals surface area contributed by atoms with Gasteiger partial charge in [0.25, 0.3) is 0 Å². The van der Waals surface area contributed by atoms with Crippen LogP contribution in [0, 0.1) is 0 Å². The van der Waals surface area contributed by atoms with Crippen LogP contribution in [0.25, 0.3) is 0 Å². The van der Waals surface area contributed by atoms with E-state index in [0.717, 1.165) is 11.5 Å². The standard InChI is InChI=1S/C13H16N4/c14-12(13-15-8-16-17-13)11-6-4-10(5-7-11)9-2-1-3-9/h4-9,12H,1-3,14H2,(H,15,16,17). The van der Waals surface area contributed by atoms with E-state index in [1.54, 1.807) is 0 Å². The first-order valence-corrected chi connectivity index (χ1v) is 6.05. The first-order valence-electron chi connectivity index (χ1n) is 6.05. The quantitative estimate of drug-likeness (QED) is 0.845. The summed E-state index contributed by atoms with van der Waals surface area (Å²) in [4.78, 5) is 4.09. The van der Waals surface area contributed by atoms with E-state index in [4.69, 9.17) is 5.73 Å². The third-order valence-corrected chi connectivity index (χ3v) is 3.60. The molecule has 88 valence electrons. The molecule has 0 bridgehead atoms. The molecule has 0 spiro atoms. The van der Waals surface area contributed by atoms with Crippen LogP contribution in [0.5, 0.6) is 0 Å². The van der Waals surface area contributed by atoms with Crippen molar-refractivity contribution in [2.45, 2.75) is 31.2 Å². The Morgan fingerprint density at radius 3 is 2.53 bits per heavy atom. The average molecular weight is 228 g/mol. The van der Waals surface area contributed by atoms with E-state index in [1.165, 1.54) is 31.2 Å². The molecule has 4 heteroatoms. The summed E-state index contributed by atoms with van der Waals surface area (Å²) in [6, 6.07) is 8.36. The van der Waals surface area contributed by atoms with Gasteiger partial charge in [0.05, 0.1) is 6.04 Å². The van der Waals surface area contributed by atoms with E-state index in [0.29, 0.717) is 5.82 Å². The van der Waals surface area contributed by atoms with Crippen molar-refractivity contribution < 1.29 is 0 Å². The van der Waals surface area contributed by atoms with Crippen molar-refractivity contribution in [3.8, 4) is 0 Å². The Balaban J connectivity index is 1.79. The molecule has 0 amide bonds. The third kappa shape index (κ3) is 1.96. The molecule has 0 saturated heterocycles. The van der Waals surface area contributed by atoms with E-state index in [1.807, 2.05) is 0 Å². The monoisotopic (exact) mass is 228 g/mol. The Labute approximate surface area is 100 Å². The molecule has 1 aliphatic rings. The lowest BCUT2D eigenvalue weighted by molar-refractivity contribution is 0.419. The predicted molar refractivity (Wildman–Crippen MR) is 65.4 cm³/mol. The van der Waals surface area contributed by atoms with Crippen molar-refractivity contribution in [3.63, 3.8) is 0 Å². The highest BCUT2D eigenvalue weighted by Gasteiger charge is 2.19. The number of rotatable bonds is 3. The number of hydrogen-bond acceptors (Lipinski definition) is 3. The molecule has 1 heterocycles. The number of H-pyrrole nitrogens is 1. The van der Waals surface area contributed by atoms with Gasteiger partial charge in [0.2, 0.25) is 0 Å². The van der Waals surface area contributed by atoms with Crippen LogP contribution in [0.15, 0.2) is 30.6 Å². The number of aromatic nitrogens is 3. The summed E-state index contributed by atoms with van der Waals surface area (Å²) < 4.78 is 0. The van der Waals surface area contributed by atoms with Crippen molar-refractivity contribution in [2.24, 2.45) is 5.73 Å². The van der Waals surface area contributed by atoms with Gasteiger partial charge in [-0.2, -0.15) is 5.10 Å². The topological polar surface area (TPSA) is 67.6 Å². The number of benzene rings is 1. The Morgan fingerprint density at radius 2 is 2.00 bits per heavy atom. The number of nitrogens with zero attached hydrogens (tertiary/aromatic N) is 2. The summed E-state index contributed by atoms with van der Waals surface area (Å²) in [5, 5.41) is 6.63. The van der Waals surface area contributed by atoms with E-state index in [2.05, 4.69) is 39.4 Å². The molecular weight excluding hydrogens is 212 g/mol. The minimum absolute atomic E-state index is 0.215. The second-order valence-corrected chi connectivity index (χ2v) is 4.64. The zero-order chi connectivity index (χ0) is 11.7. The Bertz CT molecular complexity index is 471. The SMILES string of the molecule is NC(c1ccc(C2CCC2)cc1)c1ncn[nH]1. The predicted octanol–water partition coefficient (Wildman–Crippen LogP) is 2.12. The Hall–Kier alpha value is -1.68. The van der Waals surface area contributed by atoms with Gasteiger partial charge in [-0.15, -0.1) is 0 Å². The second-order valence-electron chi connectivity index (χ2n) is 4.64. The van der Waals surface area contributed by atoms with Crippen molar-refractivity contribution in [1.29, 1.82) is 0 Å². The maximum atomic E-state index is 6.10. The lowest BCUT2D eigenvalue weighted by atomic mass is 9.80. The van der Waals surface area contributed by atoms with Gasteiger partial charge in [-0.05, 0) is 29.9 Å². The molecule has 3 N–H and O–H groups in total. The lowest BCUT2D eigenvalue weighted by Gasteiger charge is -2.26. The molecule has 1 saturated carbocycles. The van der Waals surface area contributed by atoms with Gasteiger partial charge in [-0.3, -0.25) is 5.10 Å². The van der Waals surface area contributed by atoms with Gasteiger partial charge in [0.15, 0.2) is 0 Å². The maximum absolute atomic E-state index is 6.10. The summed E-state index contributed by atoms with van der Waals surface area (Å²) in [6.07, 6.45) is 5.50. The number of aromatic amines is 1. The van der Waals surface area contributed by atoms with Crippen molar-refractivity contribution in [3.05, 3.63) is 47.5 Å². The summed E-state index contributed by atoms with van der Waals surface area (Å²) >= 11 is 0. The zero-order valence-electron chi connectivity index (χ0n) is 9.63. The molecule has 4 nitrogen and oxygen atoms in total. The fourth-order valence-electron chi connectivity index (χ4n) is 2.24. The molecule has 17 heavy (non-hydrogen) atoms. The van der Waals surface area contributed by atoms with Crippen LogP contribution in [-0.2, 0) is 0 Å². The fraction of sp³-hybridized carbons (Fsp3) is 0.385. The smallest absolute Gasteiger partial charge is 0.145 e. The van der Waals surface area contributed by atoms with Gasteiger partial charge in [0, 0.05) is 0 Å². The maximum Gasteiger partial charge on any atom is 0.145 e. The molecule has 1 aliphatic carbocycles. The van der Waals surface area contributed by atoms with Gasteiger partial charge in [0.1, 0.15) is 12.2 Å². The first kappa shape index (κ1) is 10.5. The number of nitrogens with one attached hydrogen (secondary N) is 1. The van der Waals surface area contributed by atoms with Crippen molar-refractivity contribution >= 4 is 0 Å². The highest BCUT2D eigenvalue weighted by Crippen LogP contribution is 2.36. The highest BCUT2D eigenvalue weighted by atomic mass is 15.2. The molecule has 1 atom stereocenters. The van der Waals surface area contributed by atoms with E-state index < -0.39 is 0 Å². The Morgan fingerprint density at radius 1 is 1.24 bits per heavy atom. The van der Waals surface area contributed by atoms with Gasteiger partial charge < -0.3 is 5.73 Å². The van der Waals surface area contributed by atoms with Gasteiger partial charge in [-0.1, -0.05) is 30.7 Å². The fourth-order valence-corrected chi connectivity index (χ4v) is 2.24. The van der Waals surface area contributed by atoms with Crippen LogP contribution in [0.1, 0.15) is 48.2 Å². The summed E-state index contributed by atoms with van der Waals surface area (Å²) in [7, 11) is 0. The Kier molecular flexibility index (Phi) is 2.65. The minimum atomic E-state index is -0.215. The number of hydrogen-bond donors (Lipinski definition) is 2. The van der Waals surface area contributed by atoms with E-state index in [-0.39, 0.29) is 6.04 Å². The molecule has 1 fully saturated rings. The van der Waals surface area contributed by atoms with Crippen LogP contribution >= 0.6 is 0 Å². The van der Waals surface area contributed by atoms with Crippen LogP contribution in [0.2, 0.25) is 0 Å². The molecular formula is C13H16N4. The molecule has 1 aromatic carbocycles. The van der Waals surface area contributed by atoms with Gasteiger partial charge >= 0.3 is 0 Å². The first-order chi connectivity index (χ1) is 8.34. The molecule has 2 aromatic rings. The van der Waals surface area contributed by atoms with Crippen LogP contribution < -0.4 is 5.73 Å². The van der Waals surface area contributed by atoms with Gasteiger partial charge in [-0.25, -0.2) is 4.98 Å². The summed E-state index contributed by atoms with van der Waals surface area (Å²) in [5.41, 5.74) is 8.61. The van der Waals surface area contributed by atoms with Crippen LogP contribution in [0.3, 0.4) is 0 Å². The molecule has 3 rings (SSSR count). The van der Waals surface area contributed by atoms with Crippen LogP contribution in [0.4, 0.5) is 0 Å². The number of nitrogens with two attached hydrogens (primary N) is 1. The third-order valence-electron chi connectivity index (χ3n) is 3.60. The van der Waals surface area contributed by atoms with E-state index >= 15 is 0 Å².